The molecule has 1 aliphatic rings. The molecule has 1 aromatic heterocycles. The van der Waals surface area contributed by atoms with Gasteiger partial charge in [-0.25, -0.2) is 13.1 Å². The number of hydrogen-bond acceptors (Lipinski definition) is 5. The van der Waals surface area contributed by atoms with E-state index in [9.17, 15) is 8.42 Å². The first-order valence-corrected chi connectivity index (χ1v) is 9.32. The maximum Gasteiger partial charge on any atom is 0.241 e. The highest BCUT2D eigenvalue weighted by Crippen LogP contribution is 2.22. The molecule has 0 amide bonds. The lowest BCUT2D eigenvalue weighted by molar-refractivity contribution is 0.0626. The molecular formula is C13H22N2O3S2. The normalized spacial score (nSPS) is 16.9. The summed E-state index contributed by atoms with van der Waals surface area (Å²) < 4.78 is 32.7. The summed E-state index contributed by atoms with van der Waals surface area (Å²) in [6.45, 7) is 1.33. The van der Waals surface area contributed by atoms with Gasteiger partial charge in [0.05, 0.1) is 17.6 Å². The Morgan fingerprint density at radius 1 is 1.40 bits per heavy atom. The molecule has 0 aromatic carbocycles. The predicted octanol–water partition coefficient (Wildman–Crippen LogP) is 1.70. The van der Waals surface area contributed by atoms with Crippen molar-refractivity contribution in [2.75, 3.05) is 20.2 Å². The zero-order valence-electron chi connectivity index (χ0n) is 11.7. The number of thiophene rings is 1. The molecule has 0 saturated heterocycles. The Balaban J connectivity index is 1.82. The predicted molar refractivity (Wildman–Crippen MR) is 80.5 cm³/mol. The fraction of sp³-hybridized carbons (Fsp3) is 0.692. The molecule has 1 aromatic rings. The van der Waals surface area contributed by atoms with Crippen molar-refractivity contribution in [1.29, 1.82) is 0 Å². The van der Waals surface area contributed by atoms with Crippen LogP contribution in [0.15, 0.2) is 16.3 Å². The molecule has 7 heteroatoms. The van der Waals surface area contributed by atoms with Gasteiger partial charge in [0.25, 0.3) is 0 Å². The summed E-state index contributed by atoms with van der Waals surface area (Å²) in [5.41, 5.74) is 0. The molecule has 5 nitrogen and oxygen atoms in total. The van der Waals surface area contributed by atoms with Gasteiger partial charge in [0.1, 0.15) is 0 Å². The number of sulfonamides is 1. The number of hydrogen-bond donors (Lipinski definition) is 2. The lowest BCUT2D eigenvalue weighted by atomic mass is 10.3. The SMILES string of the molecule is CNCc1sccc1S(=O)(=O)NCCOC1CCCC1. The highest BCUT2D eigenvalue weighted by molar-refractivity contribution is 7.89. The van der Waals surface area contributed by atoms with Crippen LogP contribution in [0.1, 0.15) is 30.6 Å². The Kier molecular flexibility index (Phi) is 5.98. The summed E-state index contributed by atoms with van der Waals surface area (Å²) in [4.78, 5) is 1.20. The van der Waals surface area contributed by atoms with Gasteiger partial charge in [-0.1, -0.05) is 12.8 Å². The van der Waals surface area contributed by atoms with Crippen LogP contribution < -0.4 is 10.0 Å². The molecule has 1 aliphatic carbocycles. The smallest absolute Gasteiger partial charge is 0.241 e. The van der Waals surface area contributed by atoms with Crippen molar-refractivity contribution in [2.45, 2.75) is 43.2 Å². The Morgan fingerprint density at radius 3 is 2.85 bits per heavy atom. The van der Waals surface area contributed by atoms with Crippen LogP contribution in [-0.4, -0.2) is 34.7 Å². The van der Waals surface area contributed by atoms with E-state index in [4.69, 9.17) is 4.74 Å². The van der Waals surface area contributed by atoms with Crippen LogP contribution in [0.4, 0.5) is 0 Å². The van der Waals surface area contributed by atoms with Crippen LogP contribution in [0.25, 0.3) is 0 Å². The fourth-order valence-electron chi connectivity index (χ4n) is 2.39. The topological polar surface area (TPSA) is 67.4 Å². The van der Waals surface area contributed by atoms with Crippen molar-refractivity contribution in [2.24, 2.45) is 0 Å². The van der Waals surface area contributed by atoms with Crippen molar-refractivity contribution in [3.05, 3.63) is 16.3 Å². The zero-order valence-corrected chi connectivity index (χ0v) is 13.4. The Bertz CT molecular complexity index is 507. The molecule has 0 unspecified atom stereocenters. The molecule has 1 fully saturated rings. The van der Waals surface area contributed by atoms with Gasteiger partial charge < -0.3 is 10.1 Å². The van der Waals surface area contributed by atoms with Crippen molar-refractivity contribution in [3.63, 3.8) is 0 Å². The Hall–Kier alpha value is -0.470. The summed E-state index contributed by atoms with van der Waals surface area (Å²) in [6.07, 6.45) is 4.96. The average Bonchev–Trinajstić information content (AvgIpc) is 3.06. The van der Waals surface area contributed by atoms with Crippen LogP contribution in [0.2, 0.25) is 0 Å². The van der Waals surface area contributed by atoms with Gasteiger partial charge >= 0.3 is 0 Å². The van der Waals surface area contributed by atoms with Crippen molar-refractivity contribution < 1.29 is 13.2 Å². The van der Waals surface area contributed by atoms with Gasteiger partial charge in [-0.3, -0.25) is 0 Å². The maximum absolute atomic E-state index is 12.2. The van der Waals surface area contributed by atoms with Gasteiger partial charge in [0.2, 0.25) is 10.0 Å². The number of rotatable bonds is 8. The van der Waals surface area contributed by atoms with E-state index < -0.39 is 10.0 Å². The number of ether oxygens (including phenoxy) is 1. The summed E-state index contributed by atoms with van der Waals surface area (Å²) in [7, 11) is -1.62. The first-order chi connectivity index (χ1) is 9.63. The van der Waals surface area contributed by atoms with Crippen molar-refractivity contribution >= 4 is 21.4 Å². The molecule has 2 N–H and O–H groups in total. The van der Waals surface area contributed by atoms with E-state index in [0.29, 0.717) is 30.7 Å². The van der Waals surface area contributed by atoms with Gasteiger partial charge in [0, 0.05) is 18.0 Å². The summed E-state index contributed by atoms with van der Waals surface area (Å²) in [5.74, 6) is 0. The van der Waals surface area contributed by atoms with Gasteiger partial charge in [-0.05, 0) is 31.3 Å². The van der Waals surface area contributed by atoms with E-state index in [-0.39, 0.29) is 0 Å². The molecule has 1 saturated carbocycles. The van der Waals surface area contributed by atoms with Crippen LogP contribution in [0, 0.1) is 0 Å². The first-order valence-electron chi connectivity index (χ1n) is 6.95. The van der Waals surface area contributed by atoms with E-state index in [1.165, 1.54) is 24.2 Å². The van der Waals surface area contributed by atoms with Crippen LogP contribution >= 0.6 is 11.3 Å². The highest BCUT2D eigenvalue weighted by Gasteiger charge is 2.19. The van der Waals surface area contributed by atoms with E-state index in [1.54, 1.807) is 18.5 Å². The van der Waals surface area contributed by atoms with Gasteiger partial charge in [-0.2, -0.15) is 0 Å². The van der Waals surface area contributed by atoms with Crippen LogP contribution in [0.5, 0.6) is 0 Å². The molecule has 0 spiro atoms. The zero-order chi connectivity index (χ0) is 14.4. The monoisotopic (exact) mass is 318 g/mol. The fourth-order valence-corrected chi connectivity index (χ4v) is 4.86. The Morgan fingerprint density at radius 2 is 2.15 bits per heavy atom. The van der Waals surface area contributed by atoms with Crippen molar-refractivity contribution in [1.82, 2.24) is 10.0 Å². The summed E-state index contributed by atoms with van der Waals surface area (Å²) in [6, 6.07) is 1.65. The van der Waals surface area contributed by atoms with E-state index >= 15 is 0 Å². The average molecular weight is 318 g/mol. The lowest BCUT2D eigenvalue weighted by Gasteiger charge is -2.12. The molecule has 1 heterocycles. The third-order valence-electron chi connectivity index (χ3n) is 3.38. The maximum atomic E-state index is 12.2. The molecule has 0 atom stereocenters. The molecule has 20 heavy (non-hydrogen) atoms. The van der Waals surface area contributed by atoms with Crippen LogP contribution in [0.3, 0.4) is 0 Å². The highest BCUT2D eigenvalue weighted by atomic mass is 32.2. The van der Waals surface area contributed by atoms with E-state index in [0.717, 1.165) is 17.7 Å². The lowest BCUT2D eigenvalue weighted by Crippen LogP contribution is -2.29. The second-order valence-corrected chi connectivity index (χ2v) is 7.65. The van der Waals surface area contributed by atoms with Gasteiger partial charge in [0.15, 0.2) is 0 Å². The molecule has 2 rings (SSSR count). The van der Waals surface area contributed by atoms with E-state index in [1.807, 2.05) is 0 Å². The third-order valence-corrected chi connectivity index (χ3v) is 5.98. The summed E-state index contributed by atoms with van der Waals surface area (Å²) in [5, 5.41) is 4.78. The van der Waals surface area contributed by atoms with E-state index in [2.05, 4.69) is 10.0 Å². The first kappa shape index (κ1) is 15.9. The molecular weight excluding hydrogens is 296 g/mol. The minimum absolute atomic E-state index is 0.320. The van der Waals surface area contributed by atoms with Gasteiger partial charge in [-0.15, -0.1) is 11.3 Å². The molecule has 0 aliphatic heterocycles. The molecule has 114 valence electrons. The molecule has 0 radical (unpaired) electrons. The minimum atomic E-state index is -3.43. The standard InChI is InChI=1S/C13H22N2O3S2/c1-14-10-12-13(6-9-19-12)20(16,17)15-7-8-18-11-4-2-3-5-11/h6,9,11,14-15H,2-5,7-8,10H2,1H3. The Labute approximate surface area is 124 Å². The van der Waals surface area contributed by atoms with Crippen LogP contribution in [-0.2, 0) is 21.3 Å². The van der Waals surface area contributed by atoms with Crippen molar-refractivity contribution in [3.8, 4) is 0 Å². The number of nitrogens with one attached hydrogen (secondary N) is 2. The summed E-state index contributed by atoms with van der Waals surface area (Å²) >= 11 is 1.45. The second-order valence-electron chi connectivity index (χ2n) is 4.91. The molecule has 0 bridgehead atoms. The largest absolute Gasteiger partial charge is 0.377 e. The minimum Gasteiger partial charge on any atom is -0.377 e. The second kappa shape index (κ2) is 7.51. The third kappa shape index (κ3) is 4.26. The quantitative estimate of drug-likeness (QED) is 0.716.